The van der Waals surface area contributed by atoms with Gasteiger partial charge in [0, 0.05) is 26.2 Å². The first kappa shape index (κ1) is 22.6. The number of nitrogens with zero attached hydrogens (tertiary/aromatic N) is 1. The summed E-state index contributed by atoms with van der Waals surface area (Å²) >= 11 is 0. The molecule has 0 atom stereocenters. The highest BCUT2D eigenvalue weighted by Gasteiger charge is 2.15. The average Bonchev–Trinajstić information content (AvgIpc) is 2.58. The van der Waals surface area contributed by atoms with Gasteiger partial charge in [-0.2, -0.15) is 0 Å². The maximum atomic E-state index is 11.6. The lowest BCUT2D eigenvalue weighted by atomic mass is 10.1. The number of methoxy groups -OCH3 is 1. The van der Waals surface area contributed by atoms with Gasteiger partial charge < -0.3 is 25.4 Å². The molecule has 0 saturated heterocycles. The SMILES string of the molecule is CCNC(=NCCc1ccc(C)c(OC)c1)NCCNC(=O)OC(C)(C)C. The molecule has 0 fully saturated rings. The molecule has 3 N–H and O–H groups in total. The summed E-state index contributed by atoms with van der Waals surface area (Å²) in [6.07, 6.45) is 0.406. The molecule has 0 aliphatic rings. The van der Waals surface area contributed by atoms with Crippen LogP contribution in [0.4, 0.5) is 4.79 Å². The Morgan fingerprint density at radius 1 is 1.15 bits per heavy atom. The van der Waals surface area contributed by atoms with Gasteiger partial charge in [0.15, 0.2) is 5.96 Å². The molecule has 0 unspecified atom stereocenters. The van der Waals surface area contributed by atoms with E-state index in [1.807, 2.05) is 34.6 Å². The predicted octanol–water partition coefficient (Wildman–Crippen LogP) is 2.63. The van der Waals surface area contributed by atoms with Crippen molar-refractivity contribution >= 4 is 12.1 Å². The number of aryl methyl sites for hydroxylation is 1. The van der Waals surface area contributed by atoms with E-state index in [0.29, 0.717) is 19.6 Å². The van der Waals surface area contributed by atoms with Crippen LogP contribution in [0.25, 0.3) is 0 Å². The lowest BCUT2D eigenvalue weighted by molar-refractivity contribution is 0.0529. The molecular formula is C20H34N4O3. The van der Waals surface area contributed by atoms with E-state index in [2.05, 4.69) is 39.1 Å². The van der Waals surface area contributed by atoms with E-state index in [-0.39, 0.29) is 0 Å². The number of carbonyl (C=O) groups is 1. The van der Waals surface area contributed by atoms with Gasteiger partial charge in [-0.3, -0.25) is 4.99 Å². The van der Waals surface area contributed by atoms with Gasteiger partial charge in [0.2, 0.25) is 0 Å². The molecule has 7 heteroatoms. The molecular weight excluding hydrogens is 344 g/mol. The van der Waals surface area contributed by atoms with Crippen molar-refractivity contribution in [2.75, 3.05) is 33.3 Å². The number of carbonyl (C=O) groups excluding carboxylic acids is 1. The van der Waals surface area contributed by atoms with Gasteiger partial charge in [-0.15, -0.1) is 0 Å². The Hall–Kier alpha value is -2.44. The Bertz CT molecular complexity index is 624. The first-order chi connectivity index (χ1) is 12.7. The second kappa shape index (κ2) is 11.3. The van der Waals surface area contributed by atoms with Crippen molar-refractivity contribution in [3.8, 4) is 5.75 Å². The molecule has 1 amide bonds. The van der Waals surface area contributed by atoms with Crippen molar-refractivity contribution in [1.29, 1.82) is 0 Å². The summed E-state index contributed by atoms with van der Waals surface area (Å²) in [5.74, 6) is 1.62. The monoisotopic (exact) mass is 378 g/mol. The van der Waals surface area contributed by atoms with Gasteiger partial charge >= 0.3 is 6.09 Å². The number of ether oxygens (including phenoxy) is 2. The minimum absolute atomic E-state index is 0.417. The molecule has 0 aromatic heterocycles. The van der Waals surface area contributed by atoms with Crippen molar-refractivity contribution in [1.82, 2.24) is 16.0 Å². The van der Waals surface area contributed by atoms with Crippen LogP contribution in [0.3, 0.4) is 0 Å². The number of nitrogens with one attached hydrogen (secondary N) is 3. The van der Waals surface area contributed by atoms with Gasteiger partial charge in [0.1, 0.15) is 11.4 Å². The zero-order chi connectivity index (χ0) is 20.3. The Balaban J connectivity index is 2.42. The lowest BCUT2D eigenvalue weighted by Gasteiger charge is -2.19. The van der Waals surface area contributed by atoms with E-state index in [1.54, 1.807) is 7.11 Å². The van der Waals surface area contributed by atoms with Gasteiger partial charge in [-0.25, -0.2) is 4.79 Å². The Labute approximate surface area is 162 Å². The van der Waals surface area contributed by atoms with Crippen molar-refractivity contribution < 1.29 is 14.3 Å². The molecule has 27 heavy (non-hydrogen) atoms. The van der Waals surface area contributed by atoms with Gasteiger partial charge in [-0.1, -0.05) is 12.1 Å². The van der Waals surface area contributed by atoms with Crippen molar-refractivity contribution in [3.05, 3.63) is 29.3 Å². The molecule has 152 valence electrons. The van der Waals surface area contributed by atoms with Crippen molar-refractivity contribution in [2.24, 2.45) is 4.99 Å². The summed E-state index contributed by atoms with van der Waals surface area (Å²) in [7, 11) is 1.68. The number of alkyl carbamates (subject to hydrolysis) is 1. The third-order valence-corrected chi connectivity index (χ3v) is 3.57. The van der Waals surface area contributed by atoms with E-state index in [4.69, 9.17) is 9.47 Å². The molecule has 1 aromatic carbocycles. The van der Waals surface area contributed by atoms with Crippen LogP contribution in [-0.2, 0) is 11.2 Å². The van der Waals surface area contributed by atoms with Gasteiger partial charge in [-0.05, 0) is 58.2 Å². The topological polar surface area (TPSA) is 84.0 Å². The van der Waals surface area contributed by atoms with Crippen molar-refractivity contribution in [3.63, 3.8) is 0 Å². The number of hydrogen-bond donors (Lipinski definition) is 3. The van der Waals surface area contributed by atoms with Crippen LogP contribution < -0.4 is 20.7 Å². The number of hydrogen-bond acceptors (Lipinski definition) is 4. The van der Waals surface area contributed by atoms with E-state index in [1.165, 1.54) is 5.56 Å². The molecule has 0 radical (unpaired) electrons. The maximum absolute atomic E-state index is 11.6. The highest BCUT2D eigenvalue weighted by molar-refractivity contribution is 5.79. The molecule has 1 rings (SSSR count). The Kier molecular flexibility index (Phi) is 9.47. The Morgan fingerprint density at radius 3 is 2.48 bits per heavy atom. The molecule has 0 aliphatic heterocycles. The molecule has 0 aliphatic carbocycles. The molecule has 0 saturated carbocycles. The van der Waals surface area contributed by atoms with E-state index < -0.39 is 11.7 Å². The summed E-state index contributed by atoms with van der Waals surface area (Å²) in [5, 5.41) is 9.11. The first-order valence-electron chi connectivity index (χ1n) is 9.37. The van der Waals surface area contributed by atoms with Crippen LogP contribution in [0.1, 0.15) is 38.8 Å². The predicted molar refractivity (Wildman–Crippen MR) is 110 cm³/mol. The fraction of sp³-hybridized carbons (Fsp3) is 0.600. The summed E-state index contributed by atoms with van der Waals surface area (Å²) < 4.78 is 10.6. The minimum Gasteiger partial charge on any atom is -0.496 e. The van der Waals surface area contributed by atoms with Crippen LogP contribution in [0.2, 0.25) is 0 Å². The summed E-state index contributed by atoms with van der Waals surface area (Å²) in [6, 6.07) is 6.21. The smallest absolute Gasteiger partial charge is 0.407 e. The van der Waals surface area contributed by atoms with Gasteiger partial charge in [0.05, 0.1) is 7.11 Å². The van der Waals surface area contributed by atoms with Crippen LogP contribution >= 0.6 is 0 Å². The highest BCUT2D eigenvalue weighted by atomic mass is 16.6. The minimum atomic E-state index is -0.493. The number of benzene rings is 1. The quantitative estimate of drug-likeness (QED) is 0.368. The molecule has 1 aromatic rings. The number of guanidine groups is 1. The lowest BCUT2D eigenvalue weighted by Crippen LogP contribution is -2.42. The normalized spacial score (nSPS) is 11.7. The van der Waals surface area contributed by atoms with E-state index in [9.17, 15) is 4.79 Å². The number of amides is 1. The fourth-order valence-corrected chi connectivity index (χ4v) is 2.32. The summed E-state index contributed by atoms with van der Waals surface area (Å²) in [6.45, 7) is 12.0. The Morgan fingerprint density at radius 2 is 1.85 bits per heavy atom. The van der Waals surface area contributed by atoms with Crippen LogP contribution in [-0.4, -0.2) is 50.9 Å². The molecule has 7 nitrogen and oxygen atoms in total. The summed E-state index contributed by atoms with van der Waals surface area (Å²) in [4.78, 5) is 16.2. The fourth-order valence-electron chi connectivity index (χ4n) is 2.32. The molecule has 0 heterocycles. The zero-order valence-electron chi connectivity index (χ0n) is 17.4. The van der Waals surface area contributed by atoms with Crippen molar-refractivity contribution in [2.45, 2.75) is 46.6 Å². The zero-order valence-corrected chi connectivity index (χ0v) is 17.4. The van der Waals surface area contributed by atoms with Crippen LogP contribution in [0.5, 0.6) is 5.75 Å². The molecule has 0 bridgehead atoms. The van der Waals surface area contributed by atoms with Crippen LogP contribution in [0, 0.1) is 6.92 Å². The first-order valence-corrected chi connectivity index (χ1v) is 9.37. The largest absolute Gasteiger partial charge is 0.496 e. The van der Waals surface area contributed by atoms with Crippen LogP contribution in [0.15, 0.2) is 23.2 Å². The highest BCUT2D eigenvalue weighted by Crippen LogP contribution is 2.19. The summed E-state index contributed by atoms with van der Waals surface area (Å²) in [5.41, 5.74) is 1.81. The second-order valence-corrected chi connectivity index (χ2v) is 7.17. The van der Waals surface area contributed by atoms with Gasteiger partial charge in [0.25, 0.3) is 0 Å². The van der Waals surface area contributed by atoms with E-state index >= 15 is 0 Å². The third-order valence-electron chi connectivity index (χ3n) is 3.57. The second-order valence-electron chi connectivity index (χ2n) is 7.17. The average molecular weight is 379 g/mol. The standard InChI is InChI=1S/C20H34N4O3/c1-7-21-18(23-12-13-24-19(25)27-20(3,4)5)22-11-10-16-9-8-15(2)17(14-16)26-6/h8-9,14H,7,10-13H2,1-6H3,(H,24,25)(H2,21,22,23). The number of rotatable bonds is 8. The maximum Gasteiger partial charge on any atom is 0.407 e. The van der Waals surface area contributed by atoms with E-state index in [0.717, 1.165) is 30.2 Å². The molecule has 0 spiro atoms. The third kappa shape index (κ3) is 9.72. The number of aliphatic imine (C=N–C) groups is 1.